The fourth-order valence-electron chi connectivity index (χ4n) is 2.15. The third-order valence-corrected chi connectivity index (χ3v) is 3.42. The standard InChI is InChI=1S/C14H21N3O.ClH/c1-17-8-6-13(7-9-17)18-10-11-2-4-12(5-3-11)14(15)16;/h2-5,13H,6-10H2,1H3,(H3,15,16);1H. The Kier molecular flexibility index (Phi) is 6.28. The van der Waals surface area contributed by atoms with Crippen molar-refractivity contribution in [3.63, 3.8) is 0 Å². The lowest BCUT2D eigenvalue weighted by Crippen LogP contribution is -2.34. The summed E-state index contributed by atoms with van der Waals surface area (Å²) in [6, 6.07) is 7.70. The lowest BCUT2D eigenvalue weighted by Gasteiger charge is -2.28. The molecule has 1 fully saturated rings. The molecule has 106 valence electrons. The first kappa shape index (κ1) is 16.0. The molecule has 0 unspecified atom stereocenters. The molecule has 0 atom stereocenters. The second-order valence-electron chi connectivity index (χ2n) is 4.92. The molecule has 19 heavy (non-hydrogen) atoms. The molecule has 0 aliphatic carbocycles. The minimum atomic E-state index is 0. The first-order valence-electron chi connectivity index (χ1n) is 6.38. The van der Waals surface area contributed by atoms with Gasteiger partial charge in [0.2, 0.25) is 0 Å². The van der Waals surface area contributed by atoms with Crippen molar-refractivity contribution in [1.82, 2.24) is 4.90 Å². The van der Waals surface area contributed by atoms with Gasteiger partial charge in [-0.25, -0.2) is 0 Å². The lowest BCUT2D eigenvalue weighted by molar-refractivity contribution is 0.00214. The van der Waals surface area contributed by atoms with Crippen LogP contribution in [0.25, 0.3) is 0 Å². The number of halogens is 1. The highest BCUT2D eigenvalue weighted by atomic mass is 35.5. The molecule has 2 rings (SSSR count). The zero-order valence-electron chi connectivity index (χ0n) is 11.3. The second kappa shape index (κ2) is 7.48. The summed E-state index contributed by atoms with van der Waals surface area (Å²) in [5.41, 5.74) is 7.32. The number of nitrogens with two attached hydrogens (primary N) is 1. The summed E-state index contributed by atoms with van der Waals surface area (Å²) in [4.78, 5) is 2.33. The van der Waals surface area contributed by atoms with Gasteiger partial charge in [-0.3, -0.25) is 5.41 Å². The highest BCUT2D eigenvalue weighted by molar-refractivity contribution is 5.94. The number of hydrogen-bond donors (Lipinski definition) is 2. The molecule has 0 bridgehead atoms. The fraction of sp³-hybridized carbons (Fsp3) is 0.500. The van der Waals surface area contributed by atoms with E-state index in [0.717, 1.165) is 37.1 Å². The van der Waals surface area contributed by atoms with Gasteiger partial charge in [0.1, 0.15) is 5.84 Å². The summed E-state index contributed by atoms with van der Waals surface area (Å²) in [5.74, 6) is 0.109. The summed E-state index contributed by atoms with van der Waals surface area (Å²) >= 11 is 0. The number of likely N-dealkylation sites (tertiary alicyclic amines) is 1. The van der Waals surface area contributed by atoms with E-state index < -0.39 is 0 Å². The van der Waals surface area contributed by atoms with Crippen LogP contribution in [0.1, 0.15) is 24.0 Å². The second-order valence-corrected chi connectivity index (χ2v) is 4.92. The van der Waals surface area contributed by atoms with Gasteiger partial charge >= 0.3 is 0 Å². The van der Waals surface area contributed by atoms with Crippen molar-refractivity contribution in [2.75, 3.05) is 20.1 Å². The number of nitrogen functional groups attached to an aromatic ring is 1. The highest BCUT2D eigenvalue weighted by Crippen LogP contribution is 2.14. The Morgan fingerprint density at radius 2 is 1.89 bits per heavy atom. The van der Waals surface area contributed by atoms with Crippen LogP contribution in [-0.2, 0) is 11.3 Å². The van der Waals surface area contributed by atoms with Gasteiger partial charge in [0.15, 0.2) is 0 Å². The van der Waals surface area contributed by atoms with E-state index in [1.54, 1.807) is 0 Å². The quantitative estimate of drug-likeness (QED) is 0.656. The van der Waals surface area contributed by atoms with Crippen molar-refractivity contribution in [2.24, 2.45) is 5.73 Å². The molecule has 1 heterocycles. The van der Waals surface area contributed by atoms with Crippen LogP contribution < -0.4 is 5.73 Å². The van der Waals surface area contributed by atoms with Gasteiger partial charge in [0.25, 0.3) is 0 Å². The average Bonchev–Trinajstić information content (AvgIpc) is 2.38. The SMILES string of the molecule is CN1CCC(OCc2ccc(C(=N)N)cc2)CC1.Cl. The number of ether oxygens (including phenoxy) is 1. The lowest BCUT2D eigenvalue weighted by atomic mass is 10.1. The Morgan fingerprint density at radius 1 is 1.32 bits per heavy atom. The predicted octanol–water partition coefficient (Wildman–Crippen LogP) is 2.00. The molecule has 1 aliphatic heterocycles. The molecule has 1 aromatic rings. The highest BCUT2D eigenvalue weighted by Gasteiger charge is 2.16. The van der Waals surface area contributed by atoms with E-state index in [9.17, 15) is 0 Å². The zero-order chi connectivity index (χ0) is 13.0. The van der Waals surface area contributed by atoms with Crippen LogP contribution in [0.5, 0.6) is 0 Å². The van der Waals surface area contributed by atoms with E-state index in [1.165, 1.54) is 0 Å². The third-order valence-electron chi connectivity index (χ3n) is 3.42. The van der Waals surface area contributed by atoms with Crippen LogP contribution in [0.15, 0.2) is 24.3 Å². The van der Waals surface area contributed by atoms with Crippen molar-refractivity contribution in [2.45, 2.75) is 25.6 Å². The van der Waals surface area contributed by atoms with Crippen molar-refractivity contribution in [1.29, 1.82) is 5.41 Å². The average molecular weight is 284 g/mol. The molecule has 0 saturated carbocycles. The van der Waals surface area contributed by atoms with Gasteiger partial charge in [0, 0.05) is 18.7 Å². The van der Waals surface area contributed by atoms with E-state index in [1.807, 2.05) is 24.3 Å². The first-order valence-corrected chi connectivity index (χ1v) is 6.38. The van der Waals surface area contributed by atoms with Crippen molar-refractivity contribution >= 4 is 18.2 Å². The Morgan fingerprint density at radius 3 is 2.42 bits per heavy atom. The summed E-state index contributed by atoms with van der Waals surface area (Å²) in [6.07, 6.45) is 2.61. The molecule has 1 aromatic carbocycles. The molecule has 0 aromatic heterocycles. The van der Waals surface area contributed by atoms with Crippen LogP contribution in [0.3, 0.4) is 0 Å². The van der Waals surface area contributed by atoms with E-state index in [0.29, 0.717) is 12.7 Å². The number of nitrogens with zero attached hydrogens (tertiary/aromatic N) is 1. The fourth-order valence-corrected chi connectivity index (χ4v) is 2.15. The summed E-state index contributed by atoms with van der Waals surface area (Å²) < 4.78 is 5.91. The molecule has 0 radical (unpaired) electrons. The van der Waals surface area contributed by atoms with E-state index in [4.69, 9.17) is 15.9 Å². The minimum absolute atomic E-state index is 0. The Balaban J connectivity index is 0.00000180. The topological polar surface area (TPSA) is 62.3 Å². The third kappa shape index (κ3) is 4.82. The van der Waals surface area contributed by atoms with Crippen LogP contribution in [0.2, 0.25) is 0 Å². The molecule has 0 spiro atoms. The monoisotopic (exact) mass is 283 g/mol. The first-order chi connectivity index (χ1) is 8.65. The maximum absolute atomic E-state index is 7.33. The normalized spacial score (nSPS) is 16.9. The molecule has 3 N–H and O–H groups in total. The van der Waals surface area contributed by atoms with Gasteiger partial charge in [-0.05, 0) is 25.5 Å². The Hall–Kier alpha value is -1.10. The largest absolute Gasteiger partial charge is 0.384 e. The van der Waals surface area contributed by atoms with Gasteiger partial charge in [-0.1, -0.05) is 24.3 Å². The van der Waals surface area contributed by atoms with E-state index in [-0.39, 0.29) is 18.2 Å². The number of amidine groups is 1. The van der Waals surface area contributed by atoms with Gasteiger partial charge in [-0.2, -0.15) is 0 Å². The Labute approximate surface area is 120 Å². The number of piperidine rings is 1. The molecule has 0 amide bonds. The van der Waals surface area contributed by atoms with Crippen molar-refractivity contribution < 1.29 is 4.74 Å². The van der Waals surface area contributed by atoms with Crippen molar-refractivity contribution in [3.8, 4) is 0 Å². The van der Waals surface area contributed by atoms with E-state index >= 15 is 0 Å². The zero-order valence-corrected chi connectivity index (χ0v) is 12.1. The number of benzene rings is 1. The van der Waals surface area contributed by atoms with Crippen LogP contribution in [-0.4, -0.2) is 37.0 Å². The summed E-state index contributed by atoms with van der Waals surface area (Å²) in [6.45, 7) is 2.88. The molecule has 5 heteroatoms. The summed E-state index contributed by atoms with van der Waals surface area (Å²) in [7, 11) is 2.15. The minimum Gasteiger partial charge on any atom is -0.384 e. The number of nitrogens with one attached hydrogen (secondary N) is 1. The predicted molar refractivity (Wildman–Crippen MR) is 80.0 cm³/mol. The van der Waals surface area contributed by atoms with Gasteiger partial charge < -0.3 is 15.4 Å². The number of rotatable bonds is 4. The van der Waals surface area contributed by atoms with Gasteiger partial charge in [-0.15, -0.1) is 12.4 Å². The maximum Gasteiger partial charge on any atom is 0.122 e. The number of hydrogen-bond acceptors (Lipinski definition) is 3. The van der Waals surface area contributed by atoms with Gasteiger partial charge in [0.05, 0.1) is 12.7 Å². The van der Waals surface area contributed by atoms with Crippen molar-refractivity contribution in [3.05, 3.63) is 35.4 Å². The molecular formula is C14H22ClN3O. The smallest absolute Gasteiger partial charge is 0.122 e. The maximum atomic E-state index is 7.33. The molecule has 1 saturated heterocycles. The molecule has 4 nitrogen and oxygen atoms in total. The van der Waals surface area contributed by atoms with Crippen LogP contribution >= 0.6 is 12.4 Å². The van der Waals surface area contributed by atoms with E-state index in [2.05, 4.69) is 11.9 Å². The Bertz CT molecular complexity index is 400. The van der Waals surface area contributed by atoms with Crippen LogP contribution in [0, 0.1) is 5.41 Å². The summed E-state index contributed by atoms with van der Waals surface area (Å²) in [5, 5.41) is 7.33. The molecule has 1 aliphatic rings. The molecular weight excluding hydrogens is 262 g/mol. The van der Waals surface area contributed by atoms with Crippen LogP contribution in [0.4, 0.5) is 0 Å².